The van der Waals surface area contributed by atoms with Crippen LogP contribution in [0.25, 0.3) is 21.9 Å². The van der Waals surface area contributed by atoms with Crippen molar-refractivity contribution in [2.75, 3.05) is 26.4 Å². The van der Waals surface area contributed by atoms with Crippen molar-refractivity contribution in [2.45, 2.75) is 45.1 Å². The lowest BCUT2D eigenvalue weighted by atomic mass is 9.98. The number of alkyl carbamates (subject to hydrolysis) is 1. The summed E-state index contributed by atoms with van der Waals surface area (Å²) in [6, 6.07) is 36.1. The molecular formula is C41H42N2O6. The number of carbonyl (C=O) groups is 2. The summed E-state index contributed by atoms with van der Waals surface area (Å²) in [5, 5.41) is 15.0. The van der Waals surface area contributed by atoms with E-state index in [1.807, 2.05) is 74.5 Å². The van der Waals surface area contributed by atoms with Crippen LogP contribution in [0, 0.1) is 0 Å². The predicted octanol–water partition coefficient (Wildman–Crippen LogP) is 7.42. The third kappa shape index (κ3) is 8.11. The van der Waals surface area contributed by atoms with Gasteiger partial charge in [0.1, 0.15) is 18.4 Å². The monoisotopic (exact) mass is 658 g/mol. The molecule has 0 saturated heterocycles. The van der Waals surface area contributed by atoms with Crippen LogP contribution in [0.5, 0.6) is 5.75 Å². The number of phenolic OH excluding ortho intramolecular Hbond substituents is 1. The Hall–Kier alpha value is -5.18. The minimum absolute atomic E-state index is 0.116. The van der Waals surface area contributed by atoms with Gasteiger partial charge in [0.2, 0.25) is 5.91 Å². The fraction of sp³-hybridized carbons (Fsp3) is 0.268. The molecule has 8 heteroatoms. The van der Waals surface area contributed by atoms with E-state index >= 15 is 0 Å². The van der Waals surface area contributed by atoms with Crippen LogP contribution in [-0.2, 0) is 32.0 Å². The predicted molar refractivity (Wildman–Crippen MR) is 190 cm³/mol. The van der Waals surface area contributed by atoms with Gasteiger partial charge in [-0.15, -0.1) is 0 Å². The molecule has 1 aliphatic carbocycles. The normalized spacial score (nSPS) is 12.8. The zero-order valence-electron chi connectivity index (χ0n) is 27.9. The molecule has 6 rings (SSSR count). The van der Waals surface area contributed by atoms with E-state index in [0.717, 1.165) is 44.2 Å². The second kappa shape index (κ2) is 15.8. The maximum absolute atomic E-state index is 14.5. The number of nitrogens with zero attached hydrogens (tertiary/aromatic N) is 1. The summed E-state index contributed by atoms with van der Waals surface area (Å²) in [7, 11) is 0. The Bertz CT molecular complexity index is 1840. The molecule has 0 spiro atoms. The van der Waals surface area contributed by atoms with Gasteiger partial charge in [-0.1, -0.05) is 97.1 Å². The molecule has 8 nitrogen and oxygen atoms in total. The lowest BCUT2D eigenvalue weighted by molar-refractivity contribution is -0.160. The maximum Gasteiger partial charge on any atom is 0.407 e. The highest BCUT2D eigenvalue weighted by atomic mass is 16.7. The number of nitrogens with one attached hydrogen (secondary N) is 1. The zero-order chi connectivity index (χ0) is 34.2. The summed E-state index contributed by atoms with van der Waals surface area (Å²) in [5.74, 6) is -0.309. The molecule has 0 fully saturated rings. The van der Waals surface area contributed by atoms with E-state index in [0.29, 0.717) is 13.2 Å². The molecule has 2 amide bonds. The van der Waals surface area contributed by atoms with Gasteiger partial charge in [-0.25, -0.2) is 4.79 Å². The standard InChI is InChI=1S/C41H42N2O6/c1-3-47-39(48-4-2)26-43(25-29-17-20-30-11-5-6-12-31(30)23-29)40(45)38(24-28-18-21-32(44)22-19-28)42-41(46)49-27-37-35-15-9-7-13-33(35)34-14-8-10-16-36(34)37/h5-23,37-39,44H,3-4,24-27H2,1-2H3,(H,42,46)/t38-/m0/s1. The van der Waals surface area contributed by atoms with E-state index in [4.69, 9.17) is 14.2 Å². The molecule has 0 aromatic heterocycles. The lowest BCUT2D eigenvalue weighted by Gasteiger charge is -2.31. The minimum Gasteiger partial charge on any atom is -0.508 e. The number of hydrogen-bond donors (Lipinski definition) is 2. The second-order valence-corrected chi connectivity index (χ2v) is 12.1. The third-order valence-corrected chi connectivity index (χ3v) is 8.88. The number of benzene rings is 5. The molecule has 2 N–H and O–H groups in total. The first kappa shape index (κ1) is 33.7. The first-order valence-electron chi connectivity index (χ1n) is 16.8. The molecule has 0 radical (unpaired) electrons. The van der Waals surface area contributed by atoms with Crippen LogP contribution in [0.15, 0.2) is 115 Å². The SMILES string of the molecule is CCOC(CN(Cc1ccc2ccccc2c1)C(=O)[C@H](Cc1ccc(O)cc1)NC(=O)OCC1c2ccccc2-c2ccccc21)OCC. The first-order valence-corrected chi connectivity index (χ1v) is 16.8. The van der Waals surface area contributed by atoms with E-state index in [9.17, 15) is 14.7 Å². The Kier molecular flexibility index (Phi) is 10.9. The number of carbonyl (C=O) groups excluding carboxylic acids is 2. The lowest BCUT2D eigenvalue weighted by Crippen LogP contribution is -2.51. The number of rotatable bonds is 14. The van der Waals surface area contributed by atoms with Crippen LogP contribution in [0.3, 0.4) is 0 Å². The van der Waals surface area contributed by atoms with Crippen LogP contribution in [0.4, 0.5) is 4.79 Å². The van der Waals surface area contributed by atoms with Crippen molar-refractivity contribution in [3.63, 3.8) is 0 Å². The molecule has 1 atom stereocenters. The highest BCUT2D eigenvalue weighted by molar-refractivity contribution is 5.87. The first-order chi connectivity index (χ1) is 23.9. The van der Waals surface area contributed by atoms with E-state index in [2.05, 4.69) is 35.6 Å². The van der Waals surface area contributed by atoms with Crippen molar-refractivity contribution >= 4 is 22.8 Å². The fourth-order valence-corrected chi connectivity index (χ4v) is 6.57. The average molecular weight is 659 g/mol. The molecule has 0 bridgehead atoms. The molecule has 1 aliphatic rings. The number of ether oxygens (including phenoxy) is 3. The maximum atomic E-state index is 14.5. The van der Waals surface area contributed by atoms with Crippen molar-refractivity contribution in [3.05, 3.63) is 138 Å². The summed E-state index contributed by atoms with van der Waals surface area (Å²) < 4.78 is 17.6. The Labute approximate surface area is 287 Å². The van der Waals surface area contributed by atoms with Gasteiger partial charge in [0, 0.05) is 32.1 Å². The van der Waals surface area contributed by atoms with Crippen LogP contribution >= 0.6 is 0 Å². The zero-order valence-corrected chi connectivity index (χ0v) is 27.9. The van der Waals surface area contributed by atoms with Crippen molar-refractivity contribution < 1.29 is 28.9 Å². The van der Waals surface area contributed by atoms with Gasteiger partial charge in [0.15, 0.2) is 6.29 Å². The van der Waals surface area contributed by atoms with E-state index in [1.54, 1.807) is 29.2 Å². The van der Waals surface area contributed by atoms with Crippen molar-refractivity contribution in [1.29, 1.82) is 0 Å². The Balaban J connectivity index is 1.25. The quantitative estimate of drug-likeness (QED) is 0.121. The summed E-state index contributed by atoms with van der Waals surface area (Å²) in [6.07, 6.45) is -1.15. The number of aromatic hydroxyl groups is 1. The number of amides is 2. The van der Waals surface area contributed by atoms with Gasteiger partial charge in [-0.3, -0.25) is 4.79 Å². The topological polar surface area (TPSA) is 97.3 Å². The number of phenols is 1. The van der Waals surface area contributed by atoms with E-state index in [-0.39, 0.29) is 43.7 Å². The molecule has 49 heavy (non-hydrogen) atoms. The van der Waals surface area contributed by atoms with Crippen LogP contribution in [0.1, 0.15) is 42.0 Å². The van der Waals surface area contributed by atoms with E-state index in [1.165, 1.54) is 0 Å². The molecule has 0 unspecified atom stereocenters. The number of hydrogen-bond acceptors (Lipinski definition) is 6. The van der Waals surface area contributed by atoms with Crippen LogP contribution in [0.2, 0.25) is 0 Å². The molecule has 5 aromatic carbocycles. The molecule has 0 aliphatic heterocycles. The average Bonchev–Trinajstić information content (AvgIpc) is 3.44. The highest BCUT2D eigenvalue weighted by Crippen LogP contribution is 2.44. The highest BCUT2D eigenvalue weighted by Gasteiger charge is 2.32. The summed E-state index contributed by atoms with van der Waals surface area (Å²) in [6.45, 7) is 5.15. The summed E-state index contributed by atoms with van der Waals surface area (Å²) in [4.78, 5) is 29.8. The minimum atomic E-state index is -0.968. The smallest absolute Gasteiger partial charge is 0.407 e. The second-order valence-electron chi connectivity index (χ2n) is 12.1. The van der Waals surface area contributed by atoms with Gasteiger partial charge in [0.25, 0.3) is 0 Å². The number of fused-ring (bicyclic) bond motifs is 4. The van der Waals surface area contributed by atoms with Crippen molar-refractivity contribution in [2.24, 2.45) is 0 Å². The van der Waals surface area contributed by atoms with E-state index < -0.39 is 18.4 Å². The van der Waals surface area contributed by atoms with Crippen molar-refractivity contribution in [1.82, 2.24) is 10.2 Å². The molecule has 5 aromatic rings. The van der Waals surface area contributed by atoms with Gasteiger partial charge in [-0.2, -0.15) is 0 Å². The Morgan fingerprint density at radius 2 is 1.35 bits per heavy atom. The summed E-state index contributed by atoms with van der Waals surface area (Å²) in [5.41, 5.74) is 6.18. The summed E-state index contributed by atoms with van der Waals surface area (Å²) >= 11 is 0. The molecular weight excluding hydrogens is 616 g/mol. The Morgan fingerprint density at radius 1 is 0.755 bits per heavy atom. The van der Waals surface area contributed by atoms with Gasteiger partial charge < -0.3 is 29.5 Å². The Morgan fingerprint density at radius 3 is 2.00 bits per heavy atom. The van der Waals surface area contributed by atoms with Gasteiger partial charge in [0.05, 0.1) is 6.54 Å². The molecule has 0 heterocycles. The molecule has 252 valence electrons. The largest absolute Gasteiger partial charge is 0.508 e. The van der Waals surface area contributed by atoms with Gasteiger partial charge in [-0.05, 0) is 76.2 Å². The van der Waals surface area contributed by atoms with Crippen LogP contribution < -0.4 is 5.32 Å². The van der Waals surface area contributed by atoms with Crippen molar-refractivity contribution in [3.8, 4) is 16.9 Å². The molecule has 0 saturated carbocycles. The third-order valence-electron chi connectivity index (χ3n) is 8.88. The fourth-order valence-electron chi connectivity index (χ4n) is 6.57. The van der Waals surface area contributed by atoms with Gasteiger partial charge >= 0.3 is 6.09 Å². The van der Waals surface area contributed by atoms with Crippen LogP contribution in [-0.4, -0.2) is 60.7 Å².